The van der Waals surface area contributed by atoms with Crippen LogP contribution in [0.15, 0.2) is 48.7 Å². The van der Waals surface area contributed by atoms with Gasteiger partial charge >= 0.3 is 6.03 Å². The minimum absolute atomic E-state index is 0.0821. The van der Waals surface area contributed by atoms with Gasteiger partial charge in [-0.2, -0.15) is 0 Å². The molecule has 6 nitrogen and oxygen atoms in total. The van der Waals surface area contributed by atoms with Crippen LogP contribution in [0, 0.1) is 0 Å². The van der Waals surface area contributed by atoms with Gasteiger partial charge in [-0.15, -0.1) is 0 Å². The summed E-state index contributed by atoms with van der Waals surface area (Å²) in [5.41, 5.74) is 1.98. The molecule has 24 heavy (non-hydrogen) atoms. The molecule has 0 spiro atoms. The van der Waals surface area contributed by atoms with Gasteiger partial charge in [0.25, 0.3) is 0 Å². The summed E-state index contributed by atoms with van der Waals surface area (Å²) in [5, 5.41) is 2.88. The molecule has 1 aromatic carbocycles. The molecule has 0 atom stereocenters. The lowest BCUT2D eigenvalue weighted by Crippen LogP contribution is -2.49. The van der Waals surface area contributed by atoms with Crippen LogP contribution < -0.4 is 10.1 Å². The molecule has 6 heteroatoms. The fourth-order valence-corrected chi connectivity index (χ4v) is 2.73. The minimum Gasteiger partial charge on any atom is -0.481 e. The number of rotatable bonds is 4. The highest BCUT2D eigenvalue weighted by Gasteiger charge is 2.21. The summed E-state index contributed by atoms with van der Waals surface area (Å²) in [5.74, 6) is 0.530. The van der Waals surface area contributed by atoms with Gasteiger partial charge in [-0.3, -0.25) is 4.90 Å². The predicted molar refractivity (Wildman–Crippen MR) is 93.1 cm³/mol. The minimum atomic E-state index is -0.0821. The van der Waals surface area contributed by atoms with Crippen molar-refractivity contribution in [3.8, 4) is 5.88 Å². The van der Waals surface area contributed by atoms with Crippen LogP contribution in [0.2, 0.25) is 0 Å². The number of aromatic nitrogens is 1. The van der Waals surface area contributed by atoms with Crippen LogP contribution in [0.1, 0.15) is 5.56 Å². The van der Waals surface area contributed by atoms with E-state index in [2.05, 4.69) is 39.5 Å². The molecule has 0 radical (unpaired) electrons. The van der Waals surface area contributed by atoms with Crippen molar-refractivity contribution in [1.29, 1.82) is 0 Å². The van der Waals surface area contributed by atoms with Gasteiger partial charge in [-0.25, -0.2) is 9.78 Å². The Hall–Kier alpha value is -2.60. The maximum Gasteiger partial charge on any atom is 0.321 e. The predicted octanol–water partition coefficient (Wildman–Crippen LogP) is 2.44. The van der Waals surface area contributed by atoms with Gasteiger partial charge in [-0.05, 0) is 11.6 Å². The number of piperazine rings is 1. The molecule has 2 heterocycles. The summed E-state index contributed by atoms with van der Waals surface area (Å²) in [6, 6.07) is 13.8. The van der Waals surface area contributed by atoms with Crippen molar-refractivity contribution < 1.29 is 9.53 Å². The second-order valence-corrected chi connectivity index (χ2v) is 5.77. The monoisotopic (exact) mass is 326 g/mol. The largest absolute Gasteiger partial charge is 0.481 e. The van der Waals surface area contributed by atoms with Crippen molar-refractivity contribution in [2.45, 2.75) is 6.54 Å². The normalized spacial score (nSPS) is 15.1. The summed E-state index contributed by atoms with van der Waals surface area (Å²) in [6.45, 7) is 4.13. The second kappa shape index (κ2) is 7.79. The molecule has 2 amide bonds. The topological polar surface area (TPSA) is 57.7 Å². The van der Waals surface area contributed by atoms with Gasteiger partial charge in [0.15, 0.2) is 0 Å². The van der Waals surface area contributed by atoms with Crippen LogP contribution in [-0.4, -0.2) is 54.1 Å². The van der Waals surface area contributed by atoms with Gasteiger partial charge in [0.1, 0.15) is 0 Å². The van der Waals surface area contributed by atoms with E-state index >= 15 is 0 Å². The van der Waals surface area contributed by atoms with E-state index in [4.69, 9.17) is 4.74 Å². The SMILES string of the molecule is COc1ccc(NC(=O)N2CCN(Cc3ccccc3)CC2)cn1. The van der Waals surface area contributed by atoms with E-state index in [-0.39, 0.29) is 6.03 Å². The summed E-state index contributed by atoms with van der Waals surface area (Å²) >= 11 is 0. The summed E-state index contributed by atoms with van der Waals surface area (Å²) in [7, 11) is 1.56. The number of benzene rings is 1. The van der Waals surface area contributed by atoms with E-state index in [1.807, 2.05) is 11.0 Å². The third kappa shape index (κ3) is 4.23. The first-order chi connectivity index (χ1) is 11.7. The Morgan fingerprint density at radius 2 is 1.88 bits per heavy atom. The number of carbonyl (C=O) groups is 1. The number of nitrogens with zero attached hydrogens (tertiary/aromatic N) is 3. The zero-order valence-corrected chi connectivity index (χ0v) is 13.8. The van der Waals surface area contributed by atoms with E-state index in [1.54, 1.807) is 25.4 Å². The third-order valence-corrected chi connectivity index (χ3v) is 4.11. The van der Waals surface area contributed by atoms with E-state index in [1.165, 1.54) is 5.56 Å². The smallest absolute Gasteiger partial charge is 0.321 e. The van der Waals surface area contributed by atoms with Gasteiger partial charge in [0.2, 0.25) is 5.88 Å². The number of pyridine rings is 1. The number of methoxy groups -OCH3 is 1. The quantitative estimate of drug-likeness (QED) is 0.937. The number of anilines is 1. The first kappa shape index (κ1) is 16.3. The molecule has 2 aromatic rings. The molecule has 1 aromatic heterocycles. The van der Waals surface area contributed by atoms with Crippen LogP contribution in [0.3, 0.4) is 0 Å². The number of carbonyl (C=O) groups excluding carboxylic acids is 1. The molecule has 0 saturated carbocycles. The van der Waals surface area contributed by atoms with Crippen LogP contribution in [0.25, 0.3) is 0 Å². The first-order valence-electron chi connectivity index (χ1n) is 8.07. The standard InChI is InChI=1S/C18H22N4O2/c1-24-17-8-7-16(13-19-17)20-18(23)22-11-9-21(10-12-22)14-15-5-3-2-4-6-15/h2-8,13H,9-12,14H2,1H3,(H,20,23). The molecule has 0 aliphatic carbocycles. The van der Waals surface area contributed by atoms with E-state index in [9.17, 15) is 4.79 Å². The van der Waals surface area contributed by atoms with E-state index in [0.29, 0.717) is 11.6 Å². The van der Waals surface area contributed by atoms with Gasteiger partial charge in [-0.1, -0.05) is 30.3 Å². The van der Waals surface area contributed by atoms with Crippen LogP contribution in [0.4, 0.5) is 10.5 Å². The van der Waals surface area contributed by atoms with Crippen LogP contribution in [0.5, 0.6) is 5.88 Å². The van der Waals surface area contributed by atoms with Gasteiger partial charge < -0.3 is 15.0 Å². The molecular formula is C18H22N4O2. The lowest BCUT2D eigenvalue weighted by atomic mass is 10.2. The molecule has 3 rings (SSSR count). The Bertz CT molecular complexity index is 652. The molecule has 1 saturated heterocycles. The van der Waals surface area contributed by atoms with Crippen molar-refractivity contribution in [1.82, 2.24) is 14.8 Å². The molecule has 0 unspecified atom stereocenters. The second-order valence-electron chi connectivity index (χ2n) is 5.77. The van der Waals surface area contributed by atoms with Crippen LogP contribution >= 0.6 is 0 Å². The Labute approximate surface area is 142 Å². The number of urea groups is 1. The van der Waals surface area contributed by atoms with Crippen molar-refractivity contribution in [2.24, 2.45) is 0 Å². The number of hydrogen-bond donors (Lipinski definition) is 1. The Morgan fingerprint density at radius 3 is 2.50 bits per heavy atom. The highest BCUT2D eigenvalue weighted by atomic mass is 16.5. The molecule has 1 fully saturated rings. The summed E-state index contributed by atoms with van der Waals surface area (Å²) in [4.78, 5) is 20.6. The molecule has 1 aliphatic heterocycles. The summed E-state index contributed by atoms with van der Waals surface area (Å²) < 4.78 is 5.01. The number of hydrogen-bond acceptors (Lipinski definition) is 4. The third-order valence-electron chi connectivity index (χ3n) is 4.11. The average molecular weight is 326 g/mol. The first-order valence-corrected chi connectivity index (χ1v) is 8.07. The average Bonchev–Trinajstić information content (AvgIpc) is 2.64. The lowest BCUT2D eigenvalue weighted by Gasteiger charge is -2.34. The van der Waals surface area contributed by atoms with Crippen molar-refractivity contribution in [3.05, 3.63) is 54.2 Å². The van der Waals surface area contributed by atoms with Crippen LogP contribution in [-0.2, 0) is 6.54 Å². The van der Waals surface area contributed by atoms with Gasteiger partial charge in [0, 0.05) is 38.8 Å². The highest BCUT2D eigenvalue weighted by molar-refractivity contribution is 5.89. The number of ether oxygens (including phenoxy) is 1. The zero-order chi connectivity index (χ0) is 16.8. The number of nitrogens with one attached hydrogen (secondary N) is 1. The van der Waals surface area contributed by atoms with Crippen molar-refractivity contribution in [2.75, 3.05) is 38.6 Å². The number of amides is 2. The summed E-state index contributed by atoms with van der Waals surface area (Å²) in [6.07, 6.45) is 1.60. The molecule has 0 bridgehead atoms. The van der Waals surface area contributed by atoms with Crippen molar-refractivity contribution >= 4 is 11.7 Å². The Kier molecular flexibility index (Phi) is 5.28. The van der Waals surface area contributed by atoms with Crippen molar-refractivity contribution in [3.63, 3.8) is 0 Å². The fourth-order valence-electron chi connectivity index (χ4n) is 2.73. The molecular weight excluding hydrogens is 304 g/mol. The molecule has 126 valence electrons. The fraction of sp³-hybridized carbons (Fsp3) is 0.333. The maximum absolute atomic E-state index is 12.3. The molecule has 1 N–H and O–H groups in total. The van der Waals surface area contributed by atoms with E-state index in [0.717, 1.165) is 32.7 Å². The lowest BCUT2D eigenvalue weighted by molar-refractivity contribution is 0.143. The molecule has 1 aliphatic rings. The van der Waals surface area contributed by atoms with E-state index < -0.39 is 0 Å². The van der Waals surface area contributed by atoms with Gasteiger partial charge in [0.05, 0.1) is 19.0 Å². The Morgan fingerprint density at radius 1 is 1.12 bits per heavy atom. The Balaban J connectivity index is 1.47. The highest BCUT2D eigenvalue weighted by Crippen LogP contribution is 2.13. The zero-order valence-electron chi connectivity index (χ0n) is 13.8. The maximum atomic E-state index is 12.3.